The fraction of sp³-hybridized carbons (Fsp3) is 0.200. The van der Waals surface area contributed by atoms with Crippen LogP contribution in [0.3, 0.4) is 0 Å². The predicted molar refractivity (Wildman–Crippen MR) is 73.0 cm³/mol. The van der Waals surface area contributed by atoms with Gasteiger partial charge in [-0.1, -0.05) is 6.07 Å². The van der Waals surface area contributed by atoms with E-state index in [4.69, 9.17) is 4.74 Å². The molecule has 1 aromatic carbocycles. The van der Waals surface area contributed by atoms with Crippen molar-refractivity contribution in [1.29, 1.82) is 0 Å². The molecule has 1 aromatic heterocycles. The number of rotatable bonds is 4. The van der Waals surface area contributed by atoms with E-state index in [1.165, 1.54) is 37.6 Å². The third-order valence-corrected chi connectivity index (χ3v) is 3.03. The van der Waals surface area contributed by atoms with E-state index in [1.807, 2.05) is 0 Å². The molecule has 0 saturated heterocycles. The Bertz CT molecular complexity index is 662. The molecule has 1 N–H and O–H groups in total. The van der Waals surface area contributed by atoms with Crippen molar-refractivity contribution in [1.82, 2.24) is 10.3 Å². The summed E-state index contributed by atoms with van der Waals surface area (Å²) in [5.41, 5.74) is 0.393. The van der Waals surface area contributed by atoms with E-state index in [-0.39, 0.29) is 11.3 Å². The molecular weight excluding hydrogens is 278 g/mol. The van der Waals surface area contributed by atoms with Gasteiger partial charge in [-0.2, -0.15) is 4.39 Å². The molecule has 4 nitrogen and oxygen atoms in total. The van der Waals surface area contributed by atoms with E-state index in [0.717, 1.165) is 0 Å². The lowest BCUT2D eigenvalue weighted by molar-refractivity contribution is 0.0935. The first-order valence-electron chi connectivity index (χ1n) is 6.27. The summed E-state index contributed by atoms with van der Waals surface area (Å²) in [5.74, 6) is -1.85. The number of benzene rings is 1. The van der Waals surface area contributed by atoms with E-state index in [0.29, 0.717) is 5.56 Å². The van der Waals surface area contributed by atoms with Gasteiger partial charge in [0, 0.05) is 6.20 Å². The SMILES string of the molecule is COc1ccc(C(C)NC(=O)c2cccnc2F)cc1F. The Morgan fingerprint density at radius 2 is 2.10 bits per heavy atom. The number of halogens is 2. The van der Waals surface area contributed by atoms with Crippen LogP contribution in [-0.4, -0.2) is 18.0 Å². The van der Waals surface area contributed by atoms with Gasteiger partial charge >= 0.3 is 0 Å². The molecule has 2 aromatic rings. The molecular formula is C15H14F2N2O2. The van der Waals surface area contributed by atoms with E-state index >= 15 is 0 Å². The summed E-state index contributed by atoms with van der Waals surface area (Å²) in [5, 5.41) is 2.59. The molecule has 0 aliphatic heterocycles. The van der Waals surface area contributed by atoms with Crippen molar-refractivity contribution in [2.24, 2.45) is 0 Å². The van der Waals surface area contributed by atoms with Crippen molar-refractivity contribution in [3.8, 4) is 5.75 Å². The molecule has 0 spiro atoms. The number of amides is 1. The second-order valence-corrected chi connectivity index (χ2v) is 4.43. The zero-order chi connectivity index (χ0) is 15.4. The van der Waals surface area contributed by atoms with Gasteiger partial charge in [0.1, 0.15) is 0 Å². The predicted octanol–water partition coefficient (Wildman–Crippen LogP) is 2.86. The number of methoxy groups -OCH3 is 1. The molecule has 0 aliphatic rings. The highest BCUT2D eigenvalue weighted by molar-refractivity contribution is 5.94. The summed E-state index contributed by atoms with van der Waals surface area (Å²) in [7, 11) is 1.37. The molecule has 0 radical (unpaired) electrons. The van der Waals surface area contributed by atoms with Crippen molar-refractivity contribution < 1.29 is 18.3 Å². The third-order valence-electron chi connectivity index (χ3n) is 3.03. The van der Waals surface area contributed by atoms with Crippen molar-refractivity contribution in [3.63, 3.8) is 0 Å². The monoisotopic (exact) mass is 292 g/mol. The minimum absolute atomic E-state index is 0.121. The number of pyridine rings is 1. The van der Waals surface area contributed by atoms with Crippen LogP contribution < -0.4 is 10.1 Å². The van der Waals surface area contributed by atoms with Crippen LogP contribution in [0.5, 0.6) is 5.75 Å². The second kappa shape index (κ2) is 6.30. The Kier molecular flexibility index (Phi) is 4.47. The van der Waals surface area contributed by atoms with Crippen LogP contribution in [0.25, 0.3) is 0 Å². The number of ether oxygens (including phenoxy) is 1. The maximum atomic E-state index is 13.6. The van der Waals surface area contributed by atoms with Gasteiger partial charge in [-0.3, -0.25) is 4.79 Å². The number of hydrogen-bond acceptors (Lipinski definition) is 3. The normalized spacial score (nSPS) is 11.8. The quantitative estimate of drug-likeness (QED) is 0.882. The zero-order valence-corrected chi connectivity index (χ0v) is 11.6. The summed E-state index contributed by atoms with van der Waals surface area (Å²) in [6.07, 6.45) is 1.26. The minimum Gasteiger partial charge on any atom is -0.494 e. The average molecular weight is 292 g/mol. The average Bonchev–Trinajstić information content (AvgIpc) is 2.47. The smallest absolute Gasteiger partial charge is 0.256 e. The van der Waals surface area contributed by atoms with Crippen LogP contribution in [-0.2, 0) is 0 Å². The Morgan fingerprint density at radius 3 is 2.71 bits per heavy atom. The van der Waals surface area contributed by atoms with Crippen LogP contribution in [0.1, 0.15) is 28.9 Å². The molecule has 1 amide bonds. The fourth-order valence-electron chi connectivity index (χ4n) is 1.87. The molecule has 110 valence electrons. The first-order valence-corrected chi connectivity index (χ1v) is 6.27. The summed E-state index contributed by atoms with van der Waals surface area (Å²) in [4.78, 5) is 15.4. The van der Waals surface area contributed by atoms with Crippen molar-refractivity contribution in [3.05, 3.63) is 59.4 Å². The molecule has 0 fully saturated rings. The molecule has 1 heterocycles. The largest absolute Gasteiger partial charge is 0.494 e. The highest BCUT2D eigenvalue weighted by Crippen LogP contribution is 2.22. The zero-order valence-electron chi connectivity index (χ0n) is 11.6. The van der Waals surface area contributed by atoms with Crippen LogP contribution >= 0.6 is 0 Å². The van der Waals surface area contributed by atoms with E-state index in [9.17, 15) is 13.6 Å². The Morgan fingerprint density at radius 1 is 1.33 bits per heavy atom. The minimum atomic E-state index is -0.844. The Hall–Kier alpha value is -2.50. The first kappa shape index (κ1) is 14.9. The first-order chi connectivity index (χ1) is 10.0. The number of carbonyl (C=O) groups excluding carboxylic acids is 1. The lowest BCUT2D eigenvalue weighted by Gasteiger charge is -2.15. The summed E-state index contributed by atoms with van der Waals surface area (Å²) in [6, 6.07) is 6.68. The van der Waals surface area contributed by atoms with Gasteiger partial charge in [0.05, 0.1) is 18.7 Å². The van der Waals surface area contributed by atoms with Crippen LogP contribution in [0, 0.1) is 11.8 Å². The van der Waals surface area contributed by atoms with Gasteiger partial charge in [0.2, 0.25) is 5.95 Å². The summed E-state index contributed by atoms with van der Waals surface area (Å²) >= 11 is 0. The second-order valence-electron chi connectivity index (χ2n) is 4.43. The van der Waals surface area contributed by atoms with E-state index in [2.05, 4.69) is 10.3 Å². The molecule has 0 aliphatic carbocycles. The van der Waals surface area contributed by atoms with Crippen LogP contribution in [0.15, 0.2) is 36.5 Å². The van der Waals surface area contributed by atoms with Gasteiger partial charge in [-0.15, -0.1) is 0 Å². The van der Waals surface area contributed by atoms with E-state index in [1.54, 1.807) is 13.0 Å². The molecule has 6 heteroatoms. The third kappa shape index (κ3) is 3.34. The van der Waals surface area contributed by atoms with Crippen LogP contribution in [0.4, 0.5) is 8.78 Å². The summed E-state index contributed by atoms with van der Waals surface area (Å²) in [6.45, 7) is 1.67. The molecule has 2 rings (SSSR count). The maximum Gasteiger partial charge on any atom is 0.256 e. The molecule has 21 heavy (non-hydrogen) atoms. The highest BCUT2D eigenvalue weighted by atomic mass is 19.1. The molecule has 1 unspecified atom stereocenters. The lowest BCUT2D eigenvalue weighted by atomic mass is 10.1. The molecule has 0 bridgehead atoms. The number of aromatic nitrogens is 1. The number of carbonyl (C=O) groups is 1. The maximum absolute atomic E-state index is 13.6. The fourth-order valence-corrected chi connectivity index (χ4v) is 1.87. The van der Waals surface area contributed by atoms with Gasteiger partial charge in [-0.25, -0.2) is 9.37 Å². The van der Waals surface area contributed by atoms with Gasteiger partial charge in [0.25, 0.3) is 5.91 Å². The standard InChI is InChI=1S/C15H14F2N2O2/c1-9(10-5-6-13(21-2)12(16)8-10)19-15(20)11-4-3-7-18-14(11)17/h3-9H,1-2H3,(H,19,20). The van der Waals surface area contributed by atoms with Crippen molar-refractivity contribution in [2.75, 3.05) is 7.11 Å². The summed E-state index contributed by atoms with van der Waals surface area (Å²) < 4.78 is 31.9. The molecule has 1 atom stereocenters. The van der Waals surface area contributed by atoms with E-state index < -0.39 is 23.7 Å². The topological polar surface area (TPSA) is 51.2 Å². The Balaban J connectivity index is 2.14. The molecule has 0 saturated carbocycles. The number of nitrogens with one attached hydrogen (secondary N) is 1. The van der Waals surface area contributed by atoms with Crippen molar-refractivity contribution >= 4 is 5.91 Å². The number of nitrogens with zero attached hydrogens (tertiary/aromatic N) is 1. The number of hydrogen-bond donors (Lipinski definition) is 1. The Labute approximate surface area is 120 Å². The lowest BCUT2D eigenvalue weighted by Crippen LogP contribution is -2.27. The highest BCUT2D eigenvalue weighted by Gasteiger charge is 2.16. The van der Waals surface area contributed by atoms with Crippen molar-refractivity contribution in [2.45, 2.75) is 13.0 Å². The van der Waals surface area contributed by atoms with Gasteiger partial charge in [0.15, 0.2) is 11.6 Å². The van der Waals surface area contributed by atoms with Crippen LogP contribution in [0.2, 0.25) is 0 Å². The van der Waals surface area contributed by atoms with Gasteiger partial charge < -0.3 is 10.1 Å². The van der Waals surface area contributed by atoms with Gasteiger partial charge in [-0.05, 0) is 36.8 Å².